The summed E-state index contributed by atoms with van der Waals surface area (Å²) in [6.45, 7) is 3.19. The highest BCUT2D eigenvalue weighted by atomic mass is 35.5. The fourth-order valence-electron chi connectivity index (χ4n) is 3.48. The highest BCUT2D eigenvalue weighted by Crippen LogP contribution is 2.29. The average Bonchev–Trinajstić information content (AvgIpc) is 2.67. The van der Waals surface area contributed by atoms with Crippen LogP contribution in [0.2, 0.25) is 5.02 Å². The number of nitrogens with zero attached hydrogens (tertiary/aromatic N) is 3. The van der Waals surface area contributed by atoms with Gasteiger partial charge in [0.15, 0.2) is 0 Å². The lowest BCUT2D eigenvalue weighted by molar-refractivity contribution is 0.0699. The number of benzene rings is 2. The molecule has 4 rings (SSSR count). The Morgan fingerprint density at radius 2 is 1.73 bits per heavy atom. The van der Waals surface area contributed by atoms with Gasteiger partial charge in [-0.05, 0) is 35.7 Å². The predicted molar refractivity (Wildman–Crippen MR) is 105 cm³/mol. The van der Waals surface area contributed by atoms with E-state index in [1.807, 2.05) is 30.3 Å². The van der Waals surface area contributed by atoms with E-state index in [1.165, 1.54) is 0 Å². The van der Waals surface area contributed by atoms with E-state index in [2.05, 4.69) is 20.9 Å². The number of piperazine rings is 1. The van der Waals surface area contributed by atoms with Gasteiger partial charge in [0.2, 0.25) is 0 Å². The van der Waals surface area contributed by atoms with E-state index in [0.717, 1.165) is 48.1 Å². The number of aromatic carboxylic acids is 1. The van der Waals surface area contributed by atoms with Crippen molar-refractivity contribution in [2.45, 2.75) is 0 Å². The number of halogens is 1. The number of carbonyl (C=O) groups is 1. The maximum atomic E-state index is 11.7. The molecule has 0 aliphatic carbocycles. The Balaban J connectivity index is 1.63. The Kier molecular flexibility index (Phi) is 4.39. The third-order valence-corrected chi connectivity index (χ3v) is 4.99. The van der Waals surface area contributed by atoms with Crippen LogP contribution in [0.25, 0.3) is 10.8 Å². The van der Waals surface area contributed by atoms with Crippen molar-refractivity contribution >= 4 is 39.8 Å². The number of hydrogen-bond acceptors (Lipinski definition) is 4. The van der Waals surface area contributed by atoms with Crippen LogP contribution in [0.1, 0.15) is 10.4 Å². The molecule has 0 bridgehead atoms. The third kappa shape index (κ3) is 3.06. The molecule has 26 heavy (non-hydrogen) atoms. The lowest BCUT2D eigenvalue weighted by Crippen LogP contribution is -2.47. The molecule has 0 unspecified atom stereocenters. The number of rotatable bonds is 3. The molecular weight excluding hydrogens is 350 g/mol. The SMILES string of the molecule is O=C(O)c1cccc2ccnc(N3CCN(c4cccc(Cl)c4)CC3)c12. The molecule has 2 aromatic carbocycles. The van der Waals surface area contributed by atoms with Crippen molar-refractivity contribution in [3.63, 3.8) is 0 Å². The Labute approximate surface area is 156 Å². The number of fused-ring (bicyclic) bond motifs is 1. The zero-order valence-corrected chi connectivity index (χ0v) is 14.9. The number of carboxylic acids is 1. The van der Waals surface area contributed by atoms with Crippen LogP contribution in [-0.4, -0.2) is 42.2 Å². The van der Waals surface area contributed by atoms with Crippen molar-refractivity contribution < 1.29 is 9.90 Å². The van der Waals surface area contributed by atoms with E-state index >= 15 is 0 Å². The van der Waals surface area contributed by atoms with Crippen molar-refractivity contribution in [2.24, 2.45) is 0 Å². The smallest absolute Gasteiger partial charge is 0.336 e. The molecular formula is C20H18ClN3O2. The largest absolute Gasteiger partial charge is 0.478 e. The molecule has 1 saturated heterocycles. The molecule has 6 heteroatoms. The molecule has 0 saturated carbocycles. The topological polar surface area (TPSA) is 56.7 Å². The first-order chi connectivity index (χ1) is 12.6. The Hall–Kier alpha value is -2.79. The molecule has 1 fully saturated rings. The van der Waals surface area contributed by atoms with Crippen LogP contribution in [0.3, 0.4) is 0 Å². The molecule has 0 radical (unpaired) electrons. The van der Waals surface area contributed by atoms with E-state index in [1.54, 1.807) is 18.3 Å². The molecule has 0 spiro atoms. The molecule has 0 atom stereocenters. The van der Waals surface area contributed by atoms with E-state index in [9.17, 15) is 9.90 Å². The second-order valence-electron chi connectivity index (χ2n) is 6.30. The number of pyridine rings is 1. The van der Waals surface area contributed by atoms with Gasteiger partial charge in [0, 0.05) is 48.5 Å². The van der Waals surface area contributed by atoms with E-state index in [4.69, 9.17) is 11.6 Å². The normalized spacial score (nSPS) is 14.7. The molecule has 1 aromatic heterocycles. The molecule has 0 amide bonds. The van der Waals surface area contributed by atoms with Gasteiger partial charge in [0.1, 0.15) is 5.82 Å². The van der Waals surface area contributed by atoms with Crippen molar-refractivity contribution in [2.75, 3.05) is 36.0 Å². The second kappa shape index (κ2) is 6.84. The van der Waals surface area contributed by atoms with Crippen LogP contribution in [-0.2, 0) is 0 Å². The van der Waals surface area contributed by atoms with Crippen molar-refractivity contribution in [3.05, 3.63) is 65.3 Å². The quantitative estimate of drug-likeness (QED) is 0.760. The van der Waals surface area contributed by atoms with E-state index in [0.29, 0.717) is 10.9 Å². The van der Waals surface area contributed by atoms with Crippen LogP contribution in [0, 0.1) is 0 Å². The van der Waals surface area contributed by atoms with Gasteiger partial charge in [0.25, 0.3) is 0 Å². The number of aromatic nitrogens is 1. The number of carboxylic acid groups (broad SMARTS) is 1. The summed E-state index contributed by atoms with van der Waals surface area (Å²) in [6, 6.07) is 15.0. The second-order valence-corrected chi connectivity index (χ2v) is 6.73. The minimum atomic E-state index is -0.928. The highest BCUT2D eigenvalue weighted by Gasteiger charge is 2.22. The van der Waals surface area contributed by atoms with Crippen LogP contribution in [0.15, 0.2) is 54.7 Å². The summed E-state index contributed by atoms with van der Waals surface area (Å²) < 4.78 is 0. The molecule has 2 heterocycles. The first-order valence-electron chi connectivity index (χ1n) is 8.50. The summed E-state index contributed by atoms with van der Waals surface area (Å²) in [5.41, 5.74) is 1.40. The number of anilines is 2. The molecule has 5 nitrogen and oxygen atoms in total. The van der Waals surface area contributed by atoms with Crippen molar-refractivity contribution in [1.82, 2.24) is 4.98 Å². The standard InChI is InChI=1S/C20H18ClN3O2/c21-15-4-2-5-16(13-15)23-9-11-24(12-10-23)19-18-14(7-8-22-19)3-1-6-17(18)20(25)26/h1-8,13H,9-12H2,(H,25,26). The summed E-state index contributed by atoms with van der Waals surface area (Å²) in [5.74, 6) is -0.186. The molecule has 1 N–H and O–H groups in total. The lowest BCUT2D eigenvalue weighted by atomic mass is 10.0. The van der Waals surface area contributed by atoms with Crippen LogP contribution < -0.4 is 9.80 Å². The van der Waals surface area contributed by atoms with Gasteiger partial charge < -0.3 is 14.9 Å². The maximum Gasteiger partial charge on any atom is 0.336 e. The fraction of sp³-hybridized carbons (Fsp3) is 0.200. The summed E-state index contributed by atoms with van der Waals surface area (Å²) in [6.07, 6.45) is 1.74. The van der Waals surface area contributed by atoms with Crippen LogP contribution in [0.4, 0.5) is 11.5 Å². The average molecular weight is 368 g/mol. The van der Waals surface area contributed by atoms with Crippen LogP contribution in [0.5, 0.6) is 0 Å². The minimum Gasteiger partial charge on any atom is -0.478 e. The van der Waals surface area contributed by atoms with Gasteiger partial charge >= 0.3 is 5.97 Å². The van der Waals surface area contributed by atoms with E-state index < -0.39 is 5.97 Å². The van der Waals surface area contributed by atoms with Gasteiger partial charge in [0.05, 0.1) is 5.56 Å². The highest BCUT2D eigenvalue weighted by molar-refractivity contribution is 6.30. The monoisotopic (exact) mass is 367 g/mol. The summed E-state index contributed by atoms with van der Waals surface area (Å²) in [7, 11) is 0. The molecule has 132 valence electrons. The van der Waals surface area contributed by atoms with Crippen molar-refractivity contribution in [1.29, 1.82) is 0 Å². The Bertz CT molecular complexity index is 963. The maximum absolute atomic E-state index is 11.7. The first kappa shape index (κ1) is 16.7. The molecule has 1 aliphatic rings. The number of hydrogen-bond donors (Lipinski definition) is 1. The van der Waals surface area contributed by atoms with Gasteiger partial charge in [-0.1, -0.05) is 29.8 Å². The van der Waals surface area contributed by atoms with Gasteiger partial charge in [-0.2, -0.15) is 0 Å². The zero-order chi connectivity index (χ0) is 18.1. The van der Waals surface area contributed by atoms with Gasteiger partial charge in [-0.15, -0.1) is 0 Å². The predicted octanol–water partition coefficient (Wildman–Crippen LogP) is 3.91. The van der Waals surface area contributed by atoms with Gasteiger partial charge in [-0.3, -0.25) is 0 Å². The molecule has 1 aliphatic heterocycles. The zero-order valence-electron chi connectivity index (χ0n) is 14.1. The van der Waals surface area contributed by atoms with E-state index in [-0.39, 0.29) is 0 Å². The minimum absolute atomic E-state index is 0.294. The first-order valence-corrected chi connectivity index (χ1v) is 8.88. The fourth-order valence-corrected chi connectivity index (χ4v) is 3.66. The molecule has 3 aromatic rings. The van der Waals surface area contributed by atoms with Gasteiger partial charge in [-0.25, -0.2) is 9.78 Å². The van der Waals surface area contributed by atoms with Crippen molar-refractivity contribution in [3.8, 4) is 0 Å². The Morgan fingerprint density at radius 1 is 1.00 bits per heavy atom. The summed E-state index contributed by atoms with van der Waals surface area (Å²) in [5, 5.41) is 11.9. The third-order valence-electron chi connectivity index (χ3n) is 4.75. The lowest BCUT2D eigenvalue weighted by Gasteiger charge is -2.37. The Morgan fingerprint density at radius 3 is 2.46 bits per heavy atom. The van der Waals surface area contributed by atoms with Crippen LogP contribution >= 0.6 is 11.6 Å². The summed E-state index contributed by atoms with van der Waals surface area (Å²) in [4.78, 5) is 20.6. The summed E-state index contributed by atoms with van der Waals surface area (Å²) >= 11 is 6.10.